The summed E-state index contributed by atoms with van der Waals surface area (Å²) in [7, 11) is 0. The summed E-state index contributed by atoms with van der Waals surface area (Å²) in [5, 5.41) is -1.27. The number of rotatable bonds is 1. The molecule has 0 aliphatic heterocycles. The van der Waals surface area contributed by atoms with Gasteiger partial charge >= 0.3 is 6.30 Å². The maximum absolute atomic E-state index is 12.3. The molecule has 0 N–H and O–H groups in total. The van der Waals surface area contributed by atoms with Crippen LogP contribution in [0.25, 0.3) is 0 Å². The molecule has 0 saturated carbocycles. The van der Waals surface area contributed by atoms with Gasteiger partial charge in [0.15, 0.2) is 0 Å². The summed E-state index contributed by atoms with van der Waals surface area (Å²) in [6.07, 6.45) is -2.84. The molecule has 66 valence electrons. The van der Waals surface area contributed by atoms with Crippen molar-refractivity contribution in [1.29, 1.82) is 0 Å². The molecule has 0 atom stereocenters. The van der Waals surface area contributed by atoms with E-state index in [0.717, 1.165) is 24.5 Å². The third-order valence-corrected chi connectivity index (χ3v) is 1.11. The number of nitrogens with zero attached hydrogens (tertiary/aromatic N) is 2. The van der Waals surface area contributed by atoms with Crippen molar-refractivity contribution in [1.82, 2.24) is 4.98 Å². The molecule has 1 rings (SSSR count). The summed E-state index contributed by atoms with van der Waals surface area (Å²) in [6, 6.07) is 1.85. The number of alkyl halides is 3. The van der Waals surface area contributed by atoms with Crippen LogP contribution in [0.15, 0.2) is 24.5 Å². The number of aromatic nitrogens is 1. The quantitative estimate of drug-likeness (QED) is 0.374. The SMILES string of the molecule is FN(c1ccncc1)C(F)(F)F. The van der Waals surface area contributed by atoms with Crippen LogP contribution in [-0.2, 0) is 0 Å². The second-order valence-corrected chi connectivity index (χ2v) is 1.95. The van der Waals surface area contributed by atoms with Gasteiger partial charge in [0.25, 0.3) is 0 Å². The Hall–Kier alpha value is -1.33. The fourth-order valence-corrected chi connectivity index (χ4v) is 0.621. The molecule has 12 heavy (non-hydrogen) atoms. The van der Waals surface area contributed by atoms with E-state index in [0.29, 0.717) is 0 Å². The Kier molecular flexibility index (Phi) is 2.16. The molecule has 0 amide bonds. The molecule has 1 heterocycles. The monoisotopic (exact) mass is 180 g/mol. The Balaban J connectivity index is 2.86. The first kappa shape index (κ1) is 8.76. The normalized spacial score (nSPS) is 11.3. The van der Waals surface area contributed by atoms with Gasteiger partial charge in [0.1, 0.15) is 0 Å². The number of pyridine rings is 1. The van der Waals surface area contributed by atoms with Gasteiger partial charge in [-0.1, -0.05) is 4.48 Å². The molecule has 1 aromatic rings. The van der Waals surface area contributed by atoms with Crippen LogP contribution in [0.1, 0.15) is 0 Å². The van der Waals surface area contributed by atoms with Gasteiger partial charge in [0.2, 0.25) is 0 Å². The number of halogens is 4. The van der Waals surface area contributed by atoms with Gasteiger partial charge in [-0.25, -0.2) is 0 Å². The zero-order chi connectivity index (χ0) is 9.19. The van der Waals surface area contributed by atoms with Crippen LogP contribution >= 0.6 is 0 Å². The maximum atomic E-state index is 12.3. The van der Waals surface area contributed by atoms with Gasteiger partial charge in [-0.05, 0) is 12.1 Å². The molecule has 0 saturated heterocycles. The molecule has 0 unspecified atom stereocenters. The van der Waals surface area contributed by atoms with Crippen molar-refractivity contribution in [2.75, 3.05) is 5.12 Å². The van der Waals surface area contributed by atoms with Crippen LogP contribution in [0.5, 0.6) is 0 Å². The molecule has 0 aromatic carbocycles. The molecule has 0 radical (unpaired) electrons. The minimum atomic E-state index is -5.00. The predicted molar refractivity (Wildman–Crippen MR) is 33.9 cm³/mol. The van der Waals surface area contributed by atoms with Crippen molar-refractivity contribution < 1.29 is 17.7 Å². The molecule has 1 aromatic heterocycles. The topological polar surface area (TPSA) is 16.1 Å². The molecule has 0 aliphatic carbocycles. The van der Waals surface area contributed by atoms with Crippen LogP contribution in [0.3, 0.4) is 0 Å². The average Bonchev–Trinajstić information content (AvgIpc) is 2.03. The largest absolute Gasteiger partial charge is 0.512 e. The Morgan fingerprint density at radius 3 is 2.08 bits per heavy atom. The fraction of sp³-hybridized carbons (Fsp3) is 0.167. The highest BCUT2D eigenvalue weighted by Gasteiger charge is 2.38. The summed E-state index contributed by atoms with van der Waals surface area (Å²) in [6.45, 7) is 0. The van der Waals surface area contributed by atoms with E-state index in [1.165, 1.54) is 0 Å². The van der Waals surface area contributed by atoms with Gasteiger partial charge < -0.3 is 0 Å². The second-order valence-electron chi connectivity index (χ2n) is 1.95. The summed E-state index contributed by atoms with van der Waals surface area (Å²) in [5.41, 5.74) is -0.586. The third kappa shape index (κ3) is 1.84. The van der Waals surface area contributed by atoms with Gasteiger partial charge in [0.05, 0.1) is 5.69 Å². The first-order valence-corrected chi connectivity index (χ1v) is 2.94. The Labute approximate surface area is 65.4 Å². The van der Waals surface area contributed by atoms with Gasteiger partial charge in [0, 0.05) is 12.4 Å². The average molecular weight is 180 g/mol. The van der Waals surface area contributed by atoms with E-state index in [4.69, 9.17) is 0 Å². The van der Waals surface area contributed by atoms with E-state index in [2.05, 4.69) is 4.98 Å². The van der Waals surface area contributed by atoms with Crippen LogP contribution in [0, 0.1) is 0 Å². The van der Waals surface area contributed by atoms with E-state index in [1.54, 1.807) is 0 Å². The first-order chi connectivity index (χ1) is 5.52. The maximum Gasteiger partial charge on any atom is 0.512 e. The van der Waals surface area contributed by atoms with Gasteiger partial charge in [-0.2, -0.15) is 0 Å². The highest BCUT2D eigenvalue weighted by molar-refractivity contribution is 5.41. The van der Waals surface area contributed by atoms with Crippen molar-refractivity contribution in [2.24, 2.45) is 0 Å². The summed E-state index contributed by atoms with van der Waals surface area (Å²) < 4.78 is 47.3. The third-order valence-electron chi connectivity index (χ3n) is 1.11. The highest BCUT2D eigenvalue weighted by Crippen LogP contribution is 2.27. The van der Waals surface area contributed by atoms with Crippen molar-refractivity contribution in [3.05, 3.63) is 24.5 Å². The molecule has 0 bridgehead atoms. The smallest absolute Gasteiger partial charge is 0.265 e. The molecular weight excluding hydrogens is 176 g/mol. The lowest BCUT2D eigenvalue weighted by Crippen LogP contribution is -2.30. The molecule has 2 nitrogen and oxygen atoms in total. The summed E-state index contributed by atoms with van der Waals surface area (Å²) >= 11 is 0. The molecule has 0 aliphatic rings. The van der Waals surface area contributed by atoms with Gasteiger partial charge in [-0.3, -0.25) is 4.98 Å². The fourth-order valence-electron chi connectivity index (χ4n) is 0.621. The number of hydrogen-bond donors (Lipinski definition) is 0. The van der Waals surface area contributed by atoms with Crippen LogP contribution in [-0.4, -0.2) is 11.3 Å². The van der Waals surface area contributed by atoms with Gasteiger partial charge in [-0.15, -0.1) is 18.3 Å². The lowest BCUT2D eigenvalue weighted by atomic mass is 10.4. The Morgan fingerprint density at radius 1 is 1.17 bits per heavy atom. The molecule has 0 spiro atoms. The van der Waals surface area contributed by atoms with Crippen LogP contribution in [0.2, 0.25) is 0 Å². The van der Waals surface area contributed by atoms with Crippen molar-refractivity contribution in [3.8, 4) is 0 Å². The highest BCUT2D eigenvalue weighted by atomic mass is 19.4. The minimum Gasteiger partial charge on any atom is -0.265 e. The van der Waals surface area contributed by atoms with E-state index in [1.807, 2.05) is 0 Å². The first-order valence-electron chi connectivity index (χ1n) is 2.94. The Morgan fingerprint density at radius 2 is 1.67 bits per heavy atom. The Bertz CT molecular complexity index is 245. The van der Waals surface area contributed by atoms with Crippen molar-refractivity contribution in [2.45, 2.75) is 6.30 Å². The van der Waals surface area contributed by atoms with Crippen LogP contribution < -0.4 is 5.12 Å². The van der Waals surface area contributed by atoms with E-state index < -0.39 is 17.1 Å². The molecule has 6 heteroatoms. The van der Waals surface area contributed by atoms with Crippen LogP contribution in [0.4, 0.5) is 23.3 Å². The predicted octanol–water partition coefficient (Wildman–Crippen LogP) is 2.29. The summed E-state index contributed by atoms with van der Waals surface area (Å²) in [4.78, 5) is 3.45. The van der Waals surface area contributed by atoms with E-state index >= 15 is 0 Å². The molecular formula is C6H4F4N2. The zero-order valence-corrected chi connectivity index (χ0v) is 5.72. The van der Waals surface area contributed by atoms with Crippen molar-refractivity contribution in [3.63, 3.8) is 0 Å². The number of hydrogen-bond acceptors (Lipinski definition) is 2. The van der Waals surface area contributed by atoms with E-state index in [-0.39, 0.29) is 0 Å². The van der Waals surface area contributed by atoms with Crippen molar-refractivity contribution >= 4 is 5.69 Å². The zero-order valence-electron chi connectivity index (χ0n) is 5.72. The summed E-state index contributed by atoms with van der Waals surface area (Å²) in [5.74, 6) is 0. The minimum absolute atomic E-state index is 0.586. The van der Waals surface area contributed by atoms with E-state index in [9.17, 15) is 17.7 Å². The lowest BCUT2D eigenvalue weighted by Gasteiger charge is -2.15. The molecule has 0 fully saturated rings. The number of anilines is 1. The second kappa shape index (κ2) is 2.96. The standard InChI is InChI=1S/C6H4F4N2/c7-6(8,9)12(10)5-1-3-11-4-2-5/h1-4H. The lowest BCUT2D eigenvalue weighted by molar-refractivity contribution is -0.157.